The van der Waals surface area contributed by atoms with Gasteiger partial charge in [-0.1, -0.05) is 6.58 Å². The van der Waals surface area contributed by atoms with E-state index in [0.29, 0.717) is 0 Å². The third-order valence-corrected chi connectivity index (χ3v) is 3.09. The molecule has 2 aromatic rings. The van der Waals surface area contributed by atoms with Crippen molar-refractivity contribution in [3.05, 3.63) is 36.0 Å². The van der Waals surface area contributed by atoms with Crippen LogP contribution in [0.2, 0.25) is 0 Å². The zero-order valence-corrected chi connectivity index (χ0v) is 9.14. The van der Waals surface area contributed by atoms with Gasteiger partial charge in [-0.2, -0.15) is 0 Å². The van der Waals surface area contributed by atoms with Crippen LogP contribution in [0.5, 0.6) is 0 Å². The molecule has 0 aliphatic rings. The van der Waals surface area contributed by atoms with Crippen LogP contribution < -0.4 is 4.90 Å². The van der Waals surface area contributed by atoms with Crippen molar-refractivity contribution in [2.75, 3.05) is 11.9 Å². The van der Waals surface area contributed by atoms with Crippen LogP contribution in [0.4, 0.5) is 5.69 Å². The fourth-order valence-electron chi connectivity index (χ4n) is 1.35. The predicted octanol–water partition coefficient (Wildman–Crippen LogP) is 3.18. The number of aryl methyl sites for hydroxylation is 1. The molecular formula is C11H12N2S. The lowest BCUT2D eigenvalue weighted by molar-refractivity contribution is 1.21. The highest BCUT2D eigenvalue weighted by molar-refractivity contribution is 7.18. The van der Waals surface area contributed by atoms with Crippen LogP contribution >= 0.6 is 11.3 Å². The molecule has 0 saturated heterocycles. The van der Waals surface area contributed by atoms with Gasteiger partial charge in [-0.25, -0.2) is 4.98 Å². The molecule has 3 heteroatoms. The number of anilines is 1. The number of hydrogen-bond acceptors (Lipinski definition) is 3. The van der Waals surface area contributed by atoms with Crippen LogP contribution in [0, 0.1) is 6.92 Å². The Kier molecular flexibility index (Phi) is 2.25. The van der Waals surface area contributed by atoms with E-state index in [1.165, 1.54) is 4.70 Å². The second-order valence-corrected chi connectivity index (χ2v) is 4.41. The maximum atomic E-state index is 4.41. The molecule has 1 heterocycles. The van der Waals surface area contributed by atoms with Crippen molar-refractivity contribution in [1.82, 2.24) is 4.98 Å². The van der Waals surface area contributed by atoms with Crippen LogP contribution in [0.25, 0.3) is 10.2 Å². The minimum Gasteiger partial charge on any atom is -0.352 e. The third kappa shape index (κ3) is 1.51. The topological polar surface area (TPSA) is 16.1 Å². The van der Waals surface area contributed by atoms with Crippen molar-refractivity contribution in [1.29, 1.82) is 0 Å². The van der Waals surface area contributed by atoms with Gasteiger partial charge in [0.1, 0.15) is 0 Å². The summed E-state index contributed by atoms with van der Waals surface area (Å²) in [6.45, 7) is 5.77. The molecule has 1 aromatic carbocycles. The highest BCUT2D eigenvalue weighted by Crippen LogP contribution is 2.26. The first kappa shape index (κ1) is 9.21. The quantitative estimate of drug-likeness (QED) is 0.747. The normalized spacial score (nSPS) is 10.4. The van der Waals surface area contributed by atoms with Gasteiger partial charge in [-0.15, -0.1) is 11.3 Å². The second-order valence-electron chi connectivity index (χ2n) is 3.18. The van der Waals surface area contributed by atoms with E-state index in [0.717, 1.165) is 16.2 Å². The highest BCUT2D eigenvalue weighted by atomic mass is 32.1. The van der Waals surface area contributed by atoms with Crippen molar-refractivity contribution in [2.45, 2.75) is 6.92 Å². The first-order chi connectivity index (χ1) is 6.70. The van der Waals surface area contributed by atoms with E-state index in [1.54, 1.807) is 17.5 Å². The van der Waals surface area contributed by atoms with Crippen molar-refractivity contribution < 1.29 is 0 Å². The SMILES string of the molecule is C=CN(C)c1ccc2nc(C)sc2c1. The van der Waals surface area contributed by atoms with Gasteiger partial charge in [0.15, 0.2) is 0 Å². The molecule has 0 fully saturated rings. The van der Waals surface area contributed by atoms with Crippen molar-refractivity contribution in [3.8, 4) is 0 Å². The molecule has 2 rings (SSSR count). The summed E-state index contributed by atoms with van der Waals surface area (Å²) in [7, 11) is 1.99. The standard InChI is InChI=1S/C11H12N2S/c1-4-13(3)9-5-6-10-11(7-9)14-8(2)12-10/h4-7H,1H2,2-3H3. The van der Waals surface area contributed by atoms with Crippen LogP contribution in [0.1, 0.15) is 5.01 Å². The Morgan fingerprint density at radius 2 is 2.29 bits per heavy atom. The molecule has 0 spiro atoms. The zero-order valence-electron chi connectivity index (χ0n) is 8.32. The van der Waals surface area contributed by atoms with E-state index in [9.17, 15) is 0 Å². The third-order valence-electron chi connectivity index (χ3n) is 2.16. The molecule has 0 bridgehead atoms. The van der Waals surface area contributed by atoms with Gasteiger partial charge in [0.2, 0.25) is 0 Å². The average Bonchev–Trinajstić information content (AvgIpc) is 2.55. The number of fused-ring (bicyclic) bond motifs is 1. The lowest BCUT2D eigenvalue weighted by atomic mass is 10.3. The van der Waals surface area contributed by atoms with E-state index < -0.39 is 0 Å². The van der Waals surface area contributed by atoms with Crippen LogP contribution in [-0.4, -0.2) is 12.0 Å². The van der Waals surface area contributed by atoms with E-state index in [-0.39, 0.29) is 0 Å². The van der Waals surface area contributed by atoms with E-state index >= 15 is 0 Å². The summed E-state index contributed by atoms with van der Waals surface area (Å²) in [5.41, 5.74) is 2.23. The summed E-state index contributed by atoms with van der Waals surface area (Å²) in [6, 6.07) is 6.25. The number of aromatic nitrogens is 1. The average molecular weight is 204 g/mol. The summed E-state index contributed by atoms with van der Waals surface area (Å²) in [4.78, 5) is 6.41. The van der Waals surface area contributed by atoms with Gasteiger partial charge in [0, 0.05) is 12.7 Å². The second kappa shape index (κ2) is 3.42. The van der Waals surface area contributed by atoms with Crippen molar-refractivity contribution >= 4 is 27.2 Å². The summed E-state index contributed by atoms with van der Waals surface area (Å²) < 4.78 is 1.23. The van der Waals surface area contributed by atoms with E-state index in [1.807, 2.05) is 24.9 Å². The summed E-state index contributed by atoms with van der Waals surface area (Å²) >= 11 is 1.72. The fourth-order valence-corrected chi connectivity index (χ4v) is 2.21. The van der Waals surface area contributed by atoms with Gasteiger partial charge in [-0.3, -0.25) is 0 Å². The van der Waals surface area contributed by atoms with Gasteiger partial charge >= 0.3 is 0 Å². The molecule has 0 aliphatic carbocycles. The van der Waals surface area contributed by atoms with Gasteiger partial charge in [0.05, 0.1) is 15.2 Å². The molecule has 0 radical (unpaired) electrons. The molecule has 0 unspecified atom stereocenters. The molecule has 2 nitrogen and oxygen atoms in total. The van der Waals surface area contributed by atoms with Gasteiger partial charge in [-0.05, 0) is 31.3 Å². The monoisotopic (exact) mass is 204 g/mol. The lowest BCUT2D eigenvalue weighted by Crippen LogP contribution is -2.06. The summed E-state index contributed by atoms with van der Waals surface area (Å²) in [5, 5.41) is 1.11. The summed E-state index contributed by atoms with van der Waals surface area (Å²) in [5.74, 6) is 0. The largest absolute Gasteiger partial charge is 0.352 e. The predicted molar refractivity (Wildman–Crippen MR) is 63.0 cm³/mol. The minimum atomic E-state index is 1.08. The van der Waals surface area contributed by atoms with E-state index in [2.05, 4.69) is 23.7 Å². The molecule has 1 aromatic heterocycles. The Balaban J connectivity index is 2.55. The molecule has 0 N–H and O–H groups in total. The molecule has 72 valence electrons. The number of hydrogen-bond donors (Lipinski definition) is 0. The van der Waals surface area contributed by atoms with Crippen LogP contribution in [0.15, 0.2) is 31.0 Å². The highest BCUT2D eigenvalue weighted by Gasteiger charge is 2.02. The van der Waals surface area contributed by atoms with Crippen LogP contribution in [-0.2, 0) is 0 Å². The first-order valence-corrected chi connectivity index (χ1v) is 5.25. The smallest absolute Gasteiger partial charge is 0.0907 e. The number of thiazole rings is 1. The molecule has 0 aliphatic heterocycles. The van der Waals surface area contributed by atoms with Gasteiger partial charge in [0.25, 0.3) is 0 Å². The molecular weight excluding hydrogens is 192 g/mol. The number of rotatable bonds is 2. The first-order valence-electron chi connectivity index (χ1n) is 4.43. The molecule has 0 amide bonds. The molecule has 14 heavy (non-hydrogen) atoms. The lowest BCUT2D eigenvalue weighted by Gasteiger charge is -2.12. The van der Waals surface area contributed by atoms with Crippen molar-refractivity contribution in [2.24, 2.45) is 0 Å². The fraction of sp³-hybridized carbons (Fsp3) is 0.182. The van der Waals surface area contributed by atoms with Crippen LogP contribution in [0.3, 0.4) is 0 Å². The Labute approximate surface area is 87.5 Å². The van der Waals surface area contributed by atoms with Crippen molar-refractivity contribution in [3.63, 3.8) is 0 Å². The molecule has 0 saturated carbocycles. The Morgan fingerprint density at radius 1 is 1.50 bits per heavy atom. The zero-order chi connectivity index (χ0) is 10.1. The van der Waals surface area contributed by atoms with Gasteiger partial charge < -0.3 is 4.90 Å². The maximum absolute atomic E-state index is 4.41. The maximum Gasteiger partial charge on any atom is 0.0907 e. The molecule has 0 atom stereocenters. The summed E-state index contributed by atoms with van der Waals surface area (Å²) in [6.07, 6.45) is 1.80. The number of nitrogens with zero attached hydrogens (tertiary/aromatic N) is 2. The Hall–Kier alpha value is -1.35. The Morgan fingerprint density at radius 3 is 3.00 bits per heavy atom. The number of benzene rings is 1. The minimum absolute atomic E-state index is 1.08. The van der Waals surface area contributed by atoms with E-state index in [4.69, 9.17) is 0 Å². The Bertz CT molecular complexity index is 473.